The van der Waals surface area contributed by atoms with Crippen LogP contribution >= 0.6 is 0 Å². The fourth-order valence-corrected chi connectivity index (χ4v) is 2.00. The van der Waals surface area contributed by atoms with E-state index in [9.17, 15) is 4.79 Å². The molecule has 0 radical (unpaired) electrons. The van der Waals surface area contributed by atoms with Crippen LogP contribution in [0, 0.1) is 6.92 Å². The maximum atomic E-state index is 12.1. The molecule has 2 rings (SSSR count). The average molecular weight is 318 g/mol. The number of carbonyl (C=O) groups excluding carboxylic acids is 1. The molecule has 0 atom stereocenters. The molecule has 0 aliphatic rings. The zero-order valence-corrected chi connectivity index (χ0v) is 14.1. The molecule has 0 fully saturated rings. The second-order valence-electron chi connectivity index (χ2n) is 6.19. The number of aryl methyl sites for hydroxylation is 1. The lowest BCUT2D eigenvalue weighted by molar-refractivity contribution is 0.250. The number of benzene rings is 1. The second kappa shape index (κ2) is 6.68. The van der Waals surface area contributed by atoms with Crippen molar-refractivity contribution in [3.05, 3.63) is 35.5 Å². The van der Waals surface area contributed by atoms with Gasteiger partial charge in [0.05, 0.1) is 19.3 Å². The van der Waals surface area contributed by atoms with E-state index in [1.54, 1.807) is 14.0 Å². The van der Waals surface area contributed by atoms with Gasteiger partial charge in [-0.05, 0) is 23.1 Å². The summed E-state index contributed by atoms with van der Waals surface area (Å²) in [7, 11) is 1.57. The van der Waals surface area contributed by atoms with Crippen LogP contribution in [0.5, 0.6) is 5.75 Å². The summed E-state index contributed by atoms with van der Waals surface area (Å²) in [5.41, 5.74) is 1.68. The van der Waals surface area contributed by atoms with Gasteiger partial charge < -0.3 is 19.8 Å². The molecule has 0 unspecified atom stereocenters. The maximum absolute atomic E-state index is 12.1. The third-order valence-corrected chi connectivity index (χ3v) is 3.28. The largest absolute Gasteiger partial charge is 0.495 e. The predicted molar refractivity (Wildman–Crippen MR) is 86.6 cm³/mol. The maximum Gasteiger partial charge on any atom is 0.319 e. The van der Waals surface area contributed by atoms with Crippen molar-refractivity contribution in [2.45, 2.75) is 39.7 Å². The highest BCUT2D eigenvalue weighted by molar-refractivity contribution is 5.91. The van der Waals surface area contributed by atoms with Crippen molar-refractivity contribution in [3.8, 4) is 5.75 Å². The number of carbonyl (C=O) groups is 1. The molecule has 0 saturated carbocycles. The number of methoxy groups -OCH3 is 1. The minimum absolute atomic E-state index is 0.0273. The van der Waals surface area contributed by atoms with Crippen LogP contribution in [0.4, 0.5) is 10.5 Å². The van der Waals surface area contributed by atoms with E-state index in [2.05, 4.69) is 41.6 Å². The second-order valence-corrected chi connectivity index (χ2v) is 6.19. The number of hydrogen-bond donors (Lipinski definition) is 2. The summed E-state index contributed by atoms with van der Waals surface area (Å²) in [5.74, 6) is 1.41. The van der Waals surface area contributed by atoms with E-state index in [0.29, 0.717) is 23.2 Å². The quantitative estimate of drug-likeness (QED) is 0.904. The molecule has 0 aliphatic heterocycles. The van der Waals surface area contributed by atoms with E-state index in [-0.39, 0.29) is 18.0 Å². The topological polar surface area (TPSA) is 89.3 Å². The van der Waals surface area contributed by atoms with Gasteiger partial charge >= 0.3 is 6.03 Å². The van der Waals surface area contributed by atoms with Crippen LogP contribution in [-0.2, 0) is 12.0 Å². The number of anilines is 1. The number of aromatic nitrogens is 2. The van der Waals surface area contributed by atoms with Crippen LogP contribution in [0.1, 0.15) is 38.1 Å². The first-order valence-corrected chi connectivity index (χ1v) is 7.32. The molecule has 7 heteroatoms. The van der Waals surface area contributed by atoms with E-state index in [4.69, 9.17) is 9.15 Å². The molecule has 124 valence electrons. The smallest absolute Gasteiger partial charge is 0.319 e. The predicted octanol–water partition coefficient (Wildman–Crippen LogP) is 3.01. The molecule has 2 aromatic rings. The Morgan fingerprint density at radius 3 is 2.61 bits per heavy atom. The monoisotopic (exact) mass is 318 g/mol. The molecule has 2 N–H and O–H groups in total. The number of ether oxygens (including phenoxy) is 1. The molecule has 7 nitrogen and oxygen atoms in total. The van der Waals surface area contributed by atoms with Crippen LogP contribution in [0.2, 0.25) is 0 Å². The van der Waals surface area contributed by atoms with Crippen LogP contribution < -0.4 is 15.4 Å². The van der Waals surface area contributed by atoms with Crippen molar-refractivity contribution >= 4 is 11.7 Å². The van der Waals surface area contributed by atoms with Gasteiger partial charge in [0.15, 0.2) is 0 Å². The third kappa shape index (κ3) is 4.45. The zero-order valence-electron chi connectivity index (χ0n) is 14.1. The molecular weight excluding hydrogens is 296 g/mol. The lowest BCUT2D eigenvalue weighted by Gasteiger charge is -2.21. The van der Waals surface area contributed by atoms with Crippen molar-refractivity contribution in [2.24, 2.45) is 0 Å². The fourth-order valence-electron chi connectivity index (χ4n) is 2.00. The number of urea groups is 1. The van der Waals surface area contributed by atoms with Gasteiger partial charge in [-0.3, -0.25) is 0 Å². The van der Waals surface area contributed by atoms with E-state index in [0.717, 1.165) is 5.56 Å². The average Bonchev–Trinajstić information content (AvgIpc) is 2.90. The molecule has 0 saturated heterocycles. The first-order valence-electron chi connectivity index (χ1n) is 7.32. The van der Waals surface area contributed by atoms with Gasteiger partial charge in [0.2, 0.25) is 11.8 Å². The summed E-state index contributed by atoms with van der Waals surface area (Å²) < 4.78 is 10.5. The number of amides is 2. The Hall–Kier alpha value is -2.57. The van der Waals surface area contributed by atoms with E-state index < -0.39 is 0 Å². The molecule has 0 spiro atoms. The van der Waals surface area contributed by atoms with Gasteiger partial charge in [-0.2, -0.15) is 0 Å². The Kier molecular flexibility index (Phi) is 4.88. The Morgan fingerprint density at radius 1 is 1.30 bits per heavy atom. The van der Waals surface area contributed by atoms with Crippen LogP contribution in [0.15, 0.2) is 22.6 Å². The Bertz CT molecular complexity index is 689. The highest BCUT2D eigenvalue weighted by Gasteiger charge is 2.17. The standard InChI is InChI=1S/C16H22N4O3/c1-10-19-20-14(23-10)9-17-15(21)18-12-8-11(16(2,3)4)6-7-13(12)22-5/h6-8H,9H2,1-5H3,(H2,17,18,21). The summed E-state index contributed by atoms with van der Waals surface area (Å²) in [6.07, 6.45) is 0. The molecule has 0 aliphatic carbocycles. The summed E-state index contributed by atoms with van der Waals surface area (Å²) in [5, 5.41) is 13.0. The normalized spacial score (nSPS) is 11.2. The van der Waals surface area contributed by atoms with Crippen molar-refractivity contribution < 1.29 is 13.9 Å². The van der Waals surface area contributed by atoms with Crippen LogP contribution in [0.3, 0.4) is 0 Å². The highest BCUT2D eigenvalue weighted by atomic mass is 16.5. The summed E-state index contributed by atoms with van der Waals surface area (Å²) in [6, 6.07) is 5.38. The molecule has 2 amide bonds. The van der Waals surface area contributed by atoms with Crippen molar-refractivity contribution in [3.63, 3.8) is 0 Å². The number of nitrogens with zero attached hydrogens (tertiary/aromatic N) is 2. The van der Waals surface area contributed by atoms with Crippen molar-refractivity contribution in [1.29, 1.82) is 0 Å². The molecule has 1 heterocycles. The highest BCUT2D eigenvalue weighted by Crippen LogP contribution is 2.31. The first kappa shape index (κ1) is 16.8. The SMILES string of the molecule is COc1ccc(C(C)(C)C)cc1NC(=O)NCc1nnc(C)o1. The lowest BCUT2D eigenvalue weighted by atomic mass is 9.87. The summed E-state index contributed by atoms with van der Waals surface area (Å²) in [4.78, 5) is 12.1. The molecule has 0 bridgehead atoms. The zero-order chi connectivity index (χ0) is 17.0. The number of nitrogens with one attached hydrogen (secondary N) is 2. The molecular formula is C16H22N4O3. The van der Waals surface area contributed by atoms with E-state index in [1.807, 2.05) is 18.2 Å². The first-order chi connectivity index (χ1) is 10.8. The van der Waals surface area contributed by atoms with Gasteiger partial charge in [-0.15, -0.1) is 10.2 Å². The Balaban J connectivity index is 2.06. The summed E-state index contributed by atoms with van der Waals surface area (Å²) >= 11 is 0. The molecule has 1 aromatic carbocycles. The Labute approximate surface area is 135 Å². The van der Waals surface area contributed by atoms with Crippen molar-refractivity contribution in [2.75, 3.05) is 12.4 Å². The van der Waals surface area contributed by atoms with Crippen LogP contribution in [0.25, 0.3) is 0 Å². The number of hydrogen-bond acceptors (Lipinski definition) is 5. The van der Waals surface area contributed by atoms with Crippen molar-refractivity contribution in [1.82, 2.24) is 15.5 Å². The van der Waals surface area contributed by atoms with Crippen LogP contribution in [-0.4, -0.2) is 23.3 Å². The molecule has 23 heavy (non-hydrogen) atoms. The van der Waals surface area contributed by atoms with E-state index >= 15 is 0 Å². The van der Waals surface area contributed by atoms with Gasteiger partial charge in [-0.25, -0.2) is 4.79 Å². The lowest BCUT2D eigenvalue weighted by Crippen LogP contribution is -2.28. The van der Waals surface area contributed by atoms with Gasteiger partial charge in [0.1, 0.15) is 5.75 Å². The Morgan fingerprint density at radius 2 is 2.04 bits per heavy atom. The molecule has 1 aromatic heterocycles. The minimum atomic E-state index is -0.370. The number of rotatable bonds is 4. The summed E-state index contributed by atoms with van der Waals surface area (Å²) in [6.45, 7) is 8.18. The minimum Gasteiger partial charge on any atom is -0.495 e. The third-order valence-electron chi connectivity index (χ3n) is 3.28. The van der Waals surface area contributed by atoms with Gasteiger partial charge in [-0.1, -0.05) is 26.8 Å². The van der Waals surface area contributed by atoms with Gasteiger partial charge in [0.25, 0.3) is 0 Å². The fraction of sp³-hybridized carbons (Fsp3) is 0.438. The van der Waals surface area contributed by atoms with Gasteiger partial charge in [0, 0.05) is 6.92 Å². The van der Waals surface area contributed by atoms with E-state index in [1.165, 1.54) is 0 Å².